The highest BCUT2D eigenvalue weighted by Gasteiger charge is 2.38. The Morgan fingerprint density at radius 2 is 2.00 bits per heavy atom. The predicted octanol–water partition coefficient (Wildman–Crippen LogP) is 1.55. The van der Waals surface area contributed by atoms with Crippen LogP contribution in [0.5, 0.6) is 0 Å². The number of nitrogens with zero attached hydrogens (tertiary/aromatic N) is 1. The van der Waals surface area contributed by atoms with Gasteiger partial charge in [0.1, 0.15) is 5.52 Å². The van der Waals surface area contributed by atoms with Gasteiger partial charge in [0.15, 0.2) is 11.5 Å². The van der Waals surface area contributed by atoms with Crippen LogP contribution in [0.3, 0.4) is 0 Å². The van der Waals surface area contributed by atoms with Crippen molar-refractivity contribution < 1.29 is 18.7 Å². The van der Waals surface area contributed by atoms with Crippen molar-refractivity contribution >= 4 is 22.9 Å². The maximum absolute atomic E-state index is 12.1. The van der Waals surface area contributed by atoms with E-state index in [4.69, 9.17) is 14.9 Å². The average molecular weight is 345 g/mol. The molecule has 0 bridgehead atoms. The average Bonchev–Trinajstić information content (AvgIpc) is 3.03. The Morgan fingerprint density at radius 3 is 2.72 bits per heavy atom. The molecular formula is C18H23N3O4. The van der Waals surface area contributed by atoms with Crippen LogP contribution in [0.2, 0.25) is 0 Å². The fourth-order valence-electron chi connectivity index (χ4n) is 3.06. The minimum atomic E-state index is -0.686. The molecule has 2 amide bonds. The first-order chi connectivity index (χ1) is 12.1. The zero-order valence-corrected chi connectivity index (χ0v) is 14.1. The number of aryl methyl sites for hydroxylation is 1. The number of hydrogen-bond acceptors (Lipinski definition) is 5. The van der Waals surface area contributed by atoms with Crippen molar-refractivity contribution in [3.63, 3.8) is 0 Å². The molecule has 0 saturated carbocycles. The van der Waals surface area contributed by atoms with Gasteiger partial charge in [-0.25, -0.2) is 4.98 Å². The van der Waals surface area contributed by atoms with Crippen molar-refractivity contribution in [3.8, 4) is 0 Å². The number of aromatic nitrogens is 1. The van der Waals surface area contributed by atoms with E-state index in [1.807, 2.05) is 24.3 Å². The molecular weight excluding hydrogens is 322 g/mol. The number of hydrogen-bond donors (Lipinski definition) is 2. The highest BCUT2D eigenvalue weighted by atomic mass is 16.5. The Hall–Kier alpha value is -2.41. The second-order valence-corrected chi connectivity index (χ2v) is 6.46. The Bertz CT molecular complexity index is 717. The van der Waals surface area contributed by atoms with Crippen molar-refractivity contribution in [2.24, 2.45) is 11.1 Å². The second kappa shape index (κ2) is 7.65. The van der Waals surface area contributed by atoms with Crippen molar-refractivity contribution in [1.82, 2.24) is 10.3 Å². The summed E-state index contributed by atoms with van der Waals surface area (Å²) in [5, 5.41) is 2.84. The number of carbonyl (C=O) groups is 2. The van der Waals surface area contributed by atoms with Gasteiger partial charge in [-0.3, -0.25) is 9.59 Å². The third-order valence-corrected chi connectivity index (χ3v) is 4.73. The van der Waals surface area contributed by atoms with Crippen LogP contribution in [-0.4, -0.2) is 36.6 Å². The molecule has 1 aromatic heterocycles. The molecule has 0 spiro atoms. The molecule has 0 atom stereocenters. The molecule has 1 aromatic carbocycles. The number of primary amides is 1. The van der Waals surface area contributed by atoms with E-state index < -0.39 is 5.41 Å². The highest BCUT2D eigenvalue weighted by Crippen LogP contribution is 2.29. The lowest BCUT2D eigenvalue weighted by molar-refractivity contribution is -0.134. The van der Waals surface area contributed by atoms with E-state index in [1.54, 1.807) is 0 Å². The number of oxazole rings is 1. The molecule has 25 heavy (non-hydrogen) atoms. The number of nitrogens with two attached hydrogens (primary N) is 1. The summed E-state index contributed by atoms with van der Waals surface area (Å²) in [6.45, 7) is 1.26. The van der Waals surface area contributed by atoms with E-state index >= 15 is 0 Å². The normalized spacial score (nSPS) is 16.6. The molecule has 7 heteroatoms. The lowest BCUT2D eigenvalue weighted by Gasteiger charge is -2.34. The van der Waals surface area contributed by atoms with Crippen molar-refractivity contribution in [3.05, 3.63) is 30.2 Å². The number of ether oxygens (including phenoxy) is 1. The molecule has 1 fully saturated rings. The Balaban J connectivity index is 1.45. The summed E-state index contributed by atoms with van der Waals surface area (Å²) < 4.78 is 10.9. The summed E-state index contributed by atoms with van der Waals surface area (Å²) in [7, 11) is 0. The summed E-state index contributed by atoms with van der Waals surface area (Å²) in [6.07, 6.45) is 2.67. The summed E-state index contributed by atoms with van der Waals surface area (Å²) in [5.41, 5.74) is 6.43. The third-order valence-electron chi connectivity index (χ3n) is 4.73. The summed E-state index contributed by atoms with van der Waals surface area (Å²) >= 11 is 0. The molecule has 0 aliphatic carbocycles. The van der Waals surface area contributed by atoms with Crippen LogP contribution < -0.4 is 11.1 Å². The number of para-hydroxylation sites is 2. The van der Waals surface area contributed by atoms with Crippen LogP contribution in [0, 0.1) is 5.41 Å². The van der Waals surface area contributed by atoms with Gasteiger partial charge in [-0.15, -0.1) is 0 Å². The van der Waals surface area contributed by atoms with Crippen LogP contribution in [0.15, 0.2) is 28.7 Å². The number of nitrogens with one attached hydrogen (secondary N) is 1. The lowest BCUT2D eigenvalue weighted by Crippen LogP contribution is -2.49. The molecule has 3 N–H and O–H groups in total. The maximum atomic E-state index is 12.1. The van der Waals surface area contributed by atoms with Crippen LogP contribution in [0.1, 0.15) is 31.6 Å². The molecule has 0 unspecified atom stereocenters. The third kappa shape index (κ3) is 4.17. The first kappa shape index (κ1) is 17.4. The zero-order chi connectivity index (χ0) is 17.7. The SMILES string of the molecule is NC(=O)C1(CNC(=O)CCCc2nc3ccccc3o2)CCOCC1. The predicted molar refractivity (Wildman–Crippen MR) is 91.6 cm³/mol. The van der Waals surface area contributed by atoms with E-state index in [-0.39, 0.29) is 18.4 Å². The summed E-state index contributed by atoms with van der Waals surface area (Å²) in [5.74, 6) is 0.165. The van der Waals surface area contributed by atoms with Gasteiger partial charge in [-0.2, -0.15) is 0 Å². The monoisotopic (exact) mass is 345 g/mol. The number of benzene rings is 1. The van der Waals surface area contributed by atoms with Gasteiger partial charge in [-0.05, 0) is 31.4 Å². The van der Waals surface area contributed by atoms with E-state index in [0.717, 1.165) is 11.1 Å². The van der Waals surface area contributed by atoms with Gasteiger partial charge in [0, 0.05) is 32.6 Å². The first-order valence-corrected chi connectivity index (χ1v) is 8.58. The van der Waals surface area contributed by atoms with E-state index in [0.29, 0.717) is 51.2 Å². The Kier molecular flexibility index (Phi) is 5.33. The first-order valence-electron chi connectivity index (χ1n) is 8.58. The standard InChI is InChI=1S/C18H23N3O4/c19-17(23)18(8-10-24-11-9-18)12-20-15(22)6-3-7-16-21-13-4-1-2-5-14(13)25-16/h1-2,4-5H,3,6-12H2,(H2,19,23)(H,20,22). The highest BCUT2D eigenvalue weighted by molar-refractivity contribution is 5.83. The number of rotatable bonds is 7. The zero-order valence-electron chi connectivity index (χ0n) is 14.1. The van der Waals surface area contributed by atoms with Crippen molar-refractivity contribution in [1.29, 1.82) is 0 Å². The molecule has 7 nitrogen and oxygen atoms in total. The van der Waals surface area contributed by atoms with E-state index in [1.165, 1.54) is 0 Å². The van der Waals surface area contributed by atoms with Crippen LogP contribution in [-0.2, 0) is 20.7 Å². The molecule has 2 heterocycles. The van der Waals surface area contributed by atoms with Gasteiger partial charge in [0.05, 0.1) is 5.41 Å². The fourth-order valence-corrected chi connectivity index (χ4v) is 3.06. The van der Waals surface area contributed by atoms with Gasteiger partial charge < -0.3 is 20.2 Å². The quantitative estimate of drug-likeness (QED) is 0.791. The molecule has 134 valence electrons. The summed E-state index contributed by atoms with van der Waals surface area (Å²) in [6, 6.07) is 7.57. The van der Waals surface area contributed by atoms with Crippen molar-refractivity contribution in [2.75, 3.05) is 19.8 Å². The molecule has 1 aliphatic heterocycles. The molecule has 2 aromatic rings. The number of amides is 2. The smallest absolute Gasteiger partial charge is 0.225 e. The number of carbonyl (C=O) groups excluding carboxylic acids is 2. The molecule has 3 rings (SSSR count). The van der Waals surface area contributed by atoms with Crippen LogP contribution >= 0.6 is 0 Å². The largest absolute Gasteiger partial charge is 0.441 e. The summed E-state index contributed by atoms with van der Waals surface area (Å²) in [4.78, 5) is 28.2. The van der Waals surface area contributed by atoms with Gasteiger partial charge in [0.25, 0.3) is 0 Å². The molecule has 1 saturated heterocycles. The second-order valence-electron chi connectivity index (χ2n) is 6.46. The van der Waals surface area contributed by atoms with E-state index in [9.17, 15) is 9.59 Å². The lowest BCUT2D eigenvalue weighted by atomic mass is 9.79. The fraction of sp³-hybridized carbons (Fsp3) is 0.500. The van der Waals surface area contributed by atoms with E-state index in [2.05, 4.69) is 10.3 Å². The molecule has 1 aliphatic rings. The van der Waals surface area contributed by atoms with Crippen LogP contribution in [0.4, 0.5) is 0 Å². The van der Waals surface area contributed by atoms with Gasteiger partial charge in [0.2, 0.25) is 11.8 Å². The Morgan fingerprint density at radius 1 is 1.24 bits per heavy atom. The van der Waals surface area contributed by atoms with Crippen LogP contribution in [0.25, 0.3) is 11.1 Å². The van der Waals surface area contributed by atoms with Crippen molar-refractivity contribution in [2.45, 2.75) is 32.1 Å². The minimum absolute atomic E-state index is 0.0942. The van der Waals surface area contributed by atoms with Gasteiger partial charge in [-0.1, -0.05) is 12.1 Å². The Labute approximate surface area is 145 Å². The number of fused-ring (bicyclic) bond motifs is 1. The maximum Gasteiger partial charge on any atom is 0.225 e. The molecule has 0 radical (unpaired) electrons. The minimum Gasteiger partial charge on any atom is -0.441 e. The van der Waals surface area contributed by atoms with Gasteiger partial charge >= 0.3 is 0 Å². The topological polar surface area (TPSA) is 107 Å².